The number of aromatic amines is 1. The number of phenolic OH excluding ortho intramolecular Hbond substituents is 1. The molecule has 2 heterocycles. The molecule has 1 fully saturated rings. The normalized spacial score (nSPS) is 21.9. The van der Waals surface area contributed by atoms with Gasteiger partial charge >= 0.3 is 5.97 Å². The molecule has 1 aromatic heterocycles. The molecular formula is C49H64N10O10S2. The van der Waals surface area contributed by atoms with Crippen LogP contribution in [-0.2, 0) is 57.6 Å². The van der Waals surface area contributed by atoms with Crippen LogP contribution in [0.1, 0.15) is 56.7 Å². The third kappa shape index (κ3) is 16.8. The first-order chi connectivity index (χ1) is 33.9. The Morgan fingerprint density at radius 3 is 1.86 bits per heavy atom. The SMILES string of the molecule is CC(C)[C@H](NC(=O)C1CSSC[C@H](NC(=O)[C@H](C)N)C(=O)NC(Cc2ccccc2)C(=O)N[C@@H](Cc2c[nH]c3ccccc23)C(=O)N[C@@H](CCCCN)C(=O)NC(Cc2ccc(O)cc2)C(=O)N1)C(=O)O. The van der Waals surface area contributed by atoms with Crippen LogP contribution in [0, 0.1) is 5.92 Å². The highest BCUT2D eigenvalue weighted by Gasteiger charge is 2.36. The Hall–Kier alpha value is -6.62. The van der Waals surface area contributed by atoms with E-state index in [1.807, 2.05) is 24.3 Å². The molecule has 0 saturated carbocycles. The fourth-order valence-electron chi connectivity index (χ4n) is 7.66. The number of carbonyl (C=O) groups excluding carboxylic acids is 7. The number of amides is 7. The minimum atomic E-state index is -1.42. The molecule has 3 unspecified atom stereocenters. The molecule has 1 aliphatic rings. The lowest BCUT2D eigenvalue weighted by Crippen LogP contribution is -2.61. The molecule has 8 atom stereocenters. The third-order valence-corrected chi connectivity index (χ3v) is 14.1. The van der Waals surface area contributed by atoms with Crippen molar-refractivity contribution in [3.05, 3.63) is 102 Å². The minimum absolute atomic E-state index is 0.0353. The van der Waals surface area contributed by atoms with Crippen LogP contribution in [0.4, 0.5) is 0 Å². The van der Waals surface area contributed by atoms with Crippen molar-refractivity contribution in [1.82, 2.24) is 42.2 Å². The molecule has 3 aromatic carbocycles. The summed E-state index contributed by atoms with van der Waals surface area (Å²) in [5.41, 5.74) is 14.3. The van der Waals surface area contributed by atoms with E-state index in [0.29, 0.717) is 29.5 Å². The van der Waals surface area contributed by atoms with Crippen molar-refractivity contribution >= 4 is 79.8 Å². The van der Waals surface area contributed by atoms with E-state index >= 15 is 0 Å². The number of aromatic hydroxyl groups is 1. The zero-order valence-corrected chi connectivity index (χ0v) is 41.4. The van der Waals surface area contributed by atoms with Crippen molar-refractivity contribution in [2.24, 2.45) is 17.4 Å². The van der Waals surface area contributed by atoms with Crippen molar-refractivity contribution in [2.75, 3.05) is 18.1 Å². The van der Waals surface area contributed by atoms with E-state index in [2.05, 4.69) is 42.2 Å². The van der Waals surface area contributed by atoms with Gasteiger partial charge in [-0.3, -0.25) is 33.6 Å². The van der Waals surface area contributed by atoms with Gasteiger partial charge in [0.05, 0.1) is 6.04 Å². The monoisotopic (exact) mass is 1020 g/mol. The second-order valence-electron chi connectivity index (χ2n) is 17.7. The van der Waals surface area contributed by atoms with Crippen LogP contribution >= 0.6 is 21.6 Å². The number of aliphatic carboxylic acids is 1. The number of unbranched alkanes of at least 4 members (excludes halogenated alkanes) is 1. The summed E-state index contributed by atoms with van der Waals surface area (Å²) in [5, 5.41) is 39.8. The molecule has 0 radical (unpaired) electrons. The van der Waals surface area contributed by atoms with Crippen LogP contribution in [0.2, 0.25) is 0 Å². The summed E-state index contributed by atoms with van der Waals surface area (Å²) in [6, 6.07) is 11.7. The number of hydrogen-bond donors (Lipinski definition) is 12. The Bertz CT molecular complexity index is 2470. The van der Waals surface area contributed by atoms with E-state index in [9.17, 15) is 48.6 Å². The van der Waals surface area contributed by atoms with Crippen molar-refractivity contribution < 1.29 is 48.6 Å². The number of nitrogens with two attached hydrogens (primary N) is 2. The Morgan fingerprint density at radius 2 is 1.24 bits per heavy atom. The fraction of sp³-hybridized carbons (Fsp3) is 0.429. The molecule has 1 saturated heterocycles. The number of nitrogens with one attached hydrogen (secondary N) is 8. The van der Waals surface area contributed by atoms with Gasteiger partial charge in [-0.2, -0.15) is 0 Å². The maximum atomic E-state index is 14.7. The molecule has 5 rings (SSSR count). The fourth-order valence-corrected chi connectivity index (χ4v) is 9.99. The van der Waals surface area contributed by atoms with Gasteiger partial charge in [-0.15, -0.1) is 0 Å². The van der Waals surface area contributed by atoms with Gasteiger partial charge in [-0.1, -0.05) is 96.1 Å². The van der Waals surface area contributed by atoms with Crippen molar-refractivity contribution in [3.8, 4) is 5.75 Å². The van der Waals surface area contributed by atoms with Crippen LogP contribution < -0.4 is 48.7 Å². The van der Waals surface area contributed by atoms with Gasteiger partial charge in [0.15, 0.2) is 0 Å². The Morgan fingerprint density at radius 1 is 0.690 bits per heavy atom. The summed E-state index contributed by atoms with van der Waals surface area (Å²) < 4.78 is 0. The highest BCUT2D eigenvalue weighted by molar-refractivity contribution is 8.76. The molecule has 20 nitrogen and oxygen atoms in total. The van der Waals surface area contributed by atoms with Crippen molar-refractivity contribution in [3.63, 3.8) is 0 Å². The minimum Gasteiger partial charge on any atom is -0.508 e. The van der Waals surface area contributed by atoms with E-state index in [4.69, 9.17) is 11.5 Å². The Balaban J connectivity index is 1.60. The number of carboxylic acid groups (broad SMARTS) is 1. The lowest BCUT2D eigenvalue weighted by Gasteiger charge is -2.29. The summed E-state index contributed by atoms with van der Waals surface area (Å²) in [4.78, 5) is 115. The average Bonchev–Trinajstić information content (AvgIpc) is 3.75. The van der Waals surface area contributed by atoms with Crippen molar-refractivity contribution in [1.29, 1.82) is 0 Å². The molecule has 0 aliphatic carbocycles. The van der Waals surface area contributed by atoms with Gasteiger partial charge < -0.3 is 63.9 Å². The largest absolute Gasteiger partial charge is 0.508 e. The zero-order chi connectivity index (χ0) is 51.6. The van der Waals surface area contributed by atoms with Gasteiger partial charge in [0.1, 0.15) is 48.0 Å². The first-order valence-corrected chi connectivity index (χ1v) is 25.8. The zero-order valence-electron chi connectivity index (χ0n) is 39.8. The van der Waals surface area contributed by atoms with E-state index < -0.39 is 102 Å². The number of carboxylic acids is 1. The Kier molecular flexibility index (Phi) is 21.1. The lowest BCUT2D eigenvalue weighted by molar-refractivity contribution is -0.143. The number of aromatic nitrogens is 1. The molecule has 4 aromatic rings. The van der Waals surface area contributed by atoms with Crippen LogP contribution in [0.15, 0.2) is 85.1 Å². The summed E-state index contributed by atoms with van der Waals surface area (Å²) in [7, 11) is 2.07. The third-order valence-electron chi connectivity index (χ3n) is 11.7. The number of para-hydroxylation sites is 1. The first kappa shape index (κ1) is 55.3. The molecule has 14 N–H and O–H groups in total. The van der Waals surface area contributed by atoms with E-state index in [1.165, 1.54) is 19.1 Å². The van der Waals surface area contributed by atoms with Gasteiger partial charge in [-0.25, -0.2) is 4.79 Å². The van der Waals surface area contributed by atoms with Crippen LogP contribution in [0.3, 0.4) is 0 Å². The molecule has 0 spiro atoms. The van der Waals surface area contributed by atoms with E-state index in [-0.39, 0.29) is 49.5 Å². The molecule has 22 heteroatoms. The predicted molar refractivity (Wildman–Crippen MR) is 271 cm³/mol. The number of phenols is 1. The van der Waals surface area contributed by atoms with Gasteiger partial charge in [0, 0.05) is 47.9 Å². The van der Waals surface area contributed by atoms with Gasteiger partial charge in [-0.05, 0) is 73.5 Å². The number of H-pyrrole nitrogens is 1. The number of benzene rings is 3. The standard InChI is InChI=1S/C49H64N10O10S2/c1-27(2)41(49(68)69)59-48(67)40-26-71-70-25-39(57-42(61)28(3)51)47(66)55-36(21-29-11-5-4-6-12-29)44(63)56-38(23-31-24-52-34-14-8-7-13-33(31)34)46(65)53-35(15-9-10-20-50)43(62)54-37(45(64)58-40)22-30-16-18-32(60)19-17-30/h4-8,11-14,16-19,24,27-28,35-41,52,60H,9-10,15,20-23,25-26,50-51H2,1-3H3,(H,53,65)(H,54,62)(H,55,66)(H,56,63)(H,57,61)(H,58,64)(H,59,67)(H,68,69)/t28-,35-,36?,37?,38-,39-,40?,41-/m0/s1. The van der Waals surface area contributed by atoms with Crippen LogP contribution in [-0.4, -0.2) is 129 Å². The highest BCUT2D eigenvalue weighted by Crippen LogP contribution is 2.25. The number of hydrogen-bond acceptors (Lipinski definition) is 13. The summed E-state index contributed by atoms with van der Waals surface area (Å²) in [6.45, 7) is 4.90. The average molecular weight is 1020 g/mol. The quantitative estimate of drug-likeness (QED) is 0.0549. The second kappa shape index (κ2) is 27.1. The number of carbonyl (C=O) groups is 8. The first-order valence-electron chi connectivity index (χ1n) is 23.4. The molecular weight excluding hydrogens is 953 g/mol. The maximum absolute atomic E-state index is 14.7. The molecule has 7 amide bonds. The van der Waals surface area contributed by atoms with E-state index in [1.54, 1.807) is 62.5 Å². The van der Waals surface area contributed by atoms with Crippen molar-refractivity contribution in [2.45, 2.75) is 108 Å². The second-order valence-corrected chi connectivity index (χ2v) is 20.3. The topological polar surface area (TPSA) is 329 Å². The summed E-state index contributed by atoms with van der Waals surface area (Å²) in [5.74, 6) is -7.69. The Labute approximate surface area is 419 Å². The maximum Gasteiger partial charge on any atom is 0.326 e. The van der Waals surface area contributed by atoms with Crippen LogP contribution in [0.25, 0.3) is 10.9 Å². The summed E-state index contributed by atoms with van der Waals surface area (Å²) >= 11 is 0. The molecule has 1 aliphatic heterocycles. The number of rotatable bonds is 16. The predicted octanol–water partition coefficient (Wildman–Crippen LogP) is 0.907. The number of fused-ring (bicyclic) bond motifs is 1. The van der Waals surface area contributed by atoms with E-state index in [0.717, 1.165) is 32.5 Å². The van der Waals surface area contributed by atoms with Gasteiger partial charge in [0.25, 0.3) is 0 Å². The highest BCUT2D eigenvalue weighted by atomic mass is 33.1. The molecule has 382 valence electrons. The molecule has 0 bridgehead atoms. The van der Waals surface area contributed by atoms with Crippen LogP contribution in [0.5, 0.6) is 5.75 Å². The van der Waals surface area contributed by atoms with Gasteiger partial charge in [0.2, 0.25) is 41.4 Å². The molecule has 71 heavy (non-hydrogen) atoms. The lowest BCUT2D eigenvalue weighted by atomic mass is 10.0. The smallest absolute Gasteiger partial charge is 0.326 e. The summed E-state index contributed by atoms with van der Waals surface area (Å²) in [6.07, 6.45) is 2.35.